The molecule has 0 fully saturated rings. The van der Waals surface area contributed by atoms with Gasteiger partial charge in [-0.2, -0.15) is 0 Å². The summed E-state index contributed by atoms with van der Waals surface area (Å²) in [5, 5.41) is 3.34. The Balaban J connectivity index is 2.53. The maximum atomic E-state index is 3.34. The third-order valence-electron chi connectivity index (χ3n) is 1.21. The molecule has 8 heavy (non-hydrogen) atoms. The Kier molecular flexibility index (Phi) is 7.34. The summed E-state index contributed by atoms with van der Waals surface area (Å²) in [5.74, 6) is 0. The van der Waals surface area contributed by atoms with Crippen LogP contribution >= 0.6 is 0 Å². The van der Waals surface area contributed by atoms with E-state index in [0.29, 0.717) is 0 Å². The average molecular weight is 131 g/mol. The molecule has 0 aliphatic rings. The molecule has 0 saturated carbocycles. The summed E-state index contributed by atoms with van der Waals surface area (Å²) in [6, 6.07) is 1.51. The van der Waals surface area contributed by atoms with Crippen LogP contribution in [0.25, 0.3) is 0 Å². The van der Waals surface area contributed by atoms with Crippen LogP contribution in [0.4, 0.5) is 0 Å². The van der Waals surface area contributed by atoms with Crippen LogP contribution in [0.5, 0.6) is 0 Å². The van der Waals surface area contributed by atoms with E-state index in [1.807, 2.05) is 0 Å². The highest BCUT2D eigenvalue weighted by Crippen LogP contribution is 1.82. The molecule has 0 heterocycles. The second-order valence-electron chi connectivity index (χ2n) is 2.06. The molecule has 0 aliphatic carbocycles. The minimum absolute atomic E-state index is 0.289. The van der Waals surface area contributed by atoms with Crippen molar-refractivity contribution in [2.75, 3.05) is 12.7 Å². The van der Waals surface area contributed by atoms with Gasteiger partial charge in [0.1, 0.15) is 0 Å². The highest BCUT2D eigenvalue weighted by Gasteiger charge is 1.82. The van der Waals surface area contributed by atoms with Gasteiger partial charge in [-0.15, -0.1) is 0 Å². The van der Waals surface area contributed by atoms with Crippen molar-refractivity contribution < 1.29 is 0 Å². The lowest BCUT2D eigenvalue weighted by Gasteiger charge is -1.96. The van der Waals surface area contributed by atoms with Crippen LogP contribution in [0.15, 0.2) is 0 Å². The maximum Gasteiger partial charge on any atom is 0.0365 e. The van der Waals surface area contributed by atoms with Gasteiger partial charge in [0.2, 0.25) is 0 Å². The van der Waals surface area contributed by atoms with Gasteiger partial charge in [-0.1, -0.05) is 26.3 Å². The first-order valence-electron chi connectivity index (χ1n) is 3.62. The Morgan fingerprint density at radius 2 is 2.12 bits per heavy atom. The second-order valence-corrected chi connectivity index (χ2v) is 3.97. The fourth-order valence-corrected chi connectivity index (χ4v) is 2.03. The first-order valence-corrected chi connectivity index (χ1v) is 5.62. The molecule has 0 aromatic carbocycles. The highest BCUT2D eigenvalue weighted by atomic mass is 28.2. The lowest BCUT2D eigenvalue weighted by atomic mass is 10.6. The van der Waals surface area contributed by atoms with Gasteiger partial charge in [-0.3, -0.25) is 0 Å². The van der Waals surface area contributed by atoms with Gasteiger partial charge in [-0.25, -0.2) is 0 Å². The van der Waals surface area contributed by atoms with Crippen LogP contribution in [0.3, 0.4) is 0 Å². The molecule has 0 radical (unpaired) electrons. The van der Waals surface area contributed by atoms with E-state index >= 15 is 0 Å². The third kappa shape index (κ3) is 6.18. The normalized spacial score (nSPS) is 11.2. The van der Waals surface area contributed by atoms with Crippen molar-refractivity contribution in [2.24, 2.45) is 0 Å². The molecule has 0 amide bonds. The fraction of sp³-hybridized carbons (Fsp3) is 1.00. The van der Waals surface area contributed by atoms with Crippen LogP contribution in [-0.4, -0.2) is 22.2 Å². The average Bonchev–Trinajstić information content (AvgIpc) is 1.81. The summed E-state index contributed by atoms with van der Waals surface area (Å²) < 4.78 is 0. The Bertz CT molecular complexity index is 33.5. The summed E-state index contributed by atoms with van der Waals surface area (Å²) in [6.45, 7) is 5.58. The molecule has 1 nitrogen and oxygen atoms in total. The zero-order chi connectivity index (χ0) is 6.24. The molecule has 0 rings (SSSR count). The maximum absolute atomic E-state index is 3.34. The van der Waals surface area contributed by atoms with Gasteiger partial charge in [0.05, 0.1) is 0 Å². The molecule has 0 atom stereocenters. The molecule has 0 bridgehead atoms. The van der Waals surface area contributed by atoms with E-state index in [1.165, 1.54) is 18.6 Å². The van der Waals surface area contributed by atoms with Crippen molar-refractivity contribution in [2.45, 2.75) is 26.3 Å². The van der Waals surface area contributed by atoms with Gasteiger partial charge >= 0.3 is 0 Å². The topological polar surface area (TPSA) is 12.0 Å². The zero-order valence-electron chi connectivity index (χ0n) is 6.04. The monoisotopic (exact) mass is 131 g/mol. The van der Waals surface area contributed by atoms with Crippen LogP contribution in [0, 0.1) is 0 Å². The number of hydrogen-bond acceptors (Lipinski definition) is 1. The predicted octanol–water partition coefficient (Wildman–Crippen LogP) is 0.550. The smallest absolute Gasteiger partial charge is 0.0365 e. The van der Waals surface area contributed by atoms with Gasteiger partial charge in [0.15, 0.2) is 0 Å². The molecule has 0 saturated heterocycles. The van der Waals surface area contributed by atoms with Gasteiger partial charge < -0.3 is 5.32 Å². The standard InChI is InChI=1S/C6H17NSi/c1-3-5-8-6-7-4-2/h7H,3-6,8H2,1-2H3. The van der Waals surface area contributed by atoms with Crippen molar-refractivity contribution in [1.29, 1.82) is 0 Å². The first-order chi connectivity index (χ1) is 3.91. The van der Waals surface area contributed by atoms with Crippen LogP contribution in [-0.2, 0) is 0 Å². The largest absolute Gasteiger partial charge is 0.320 e. The summed E-state index contributed by atoms with van der Waals surface area (Å²) in [5.41, 5.74) is 0. The lowest BCUT2D eigenvalue weighted by Crippen LogP contribution is -2.19. The Morgan fingerprint density at radius 1 is 1.38 bits per heavy atom. The van der Waals surface area contributed by atoms with Crippen LogP contribution in [0.1, 0.15) is 20.3 Å². The third-order valence-corrected chi connectivity index (χ3v) is 3.12. The van der Waals surface area contributed by atoms with Crippen molar-refractivity contribution >= 4 is 9.52 Å². The Hall–Kier alpha value is 0.177. The van der Waals surface area contributed by atoms with Crippen molar-refractivity contribution in [3.63, 3.8) is 0 Å². The second kappa shape index (κ2) is 7.18. The van der Waals surface area contributed by atoms with E-state index in [1.54, 1.807) is 0 Å². The Morgan fingerprint density at radius 3 is 2.62 bits per heavy atom. The number of rotatable bonds is 5. The summed E-state index contributed by atoms with van der Waals surface area (Å²) in [7, 11) is 0.289. The van der Waals surface area contributed by atoms with Crippen molar-refractivity contribution in [1.82, 2.24) is 5.32 Å². The summed E-state index contributed by atoms with van der Waals surface area (Å²) >= 11 is 0. The van der Waals surface area contributed by atoms with E-state index in [9.17, 15) is 0 Å². The van der Waals surface area contributed by atoms with E-state index in [2.05, 4.69) is 19.2 Å². The Labute approximate surface area is 54.7 Å². The molecule has 2 heteroatoms. The molecule has 0 aromatic rings. The molecule has 0 aliphatic heterocycles. The van der Waals surface area contributed by atoms with E-state index in [-0.39, 0.29) is 9.52 Å². The molecule has 1 N–H and O–H groups in total. The minimum atomic E-state index is 0.289. The molecule has 0 unspecified atom stereocenters. The predicted molar refractivity (Wildman–Crippen MR) is 42.2 cm³/mol. The highest BCUT2D eigenvalue weighted by molar-refractivity contribution is 6.35. The number of hydrogen-bond donors (Lipinski definition) is 1. The molecule has 50 valence electrons. The SMILES string of the molecule is CCC[SiH2]CNCC. The van der Waals surface area contributed by atoms with E-state index in [4.69, 9.17) is 0 Å². The van der Waals surface area contributed by atoms with Crippen molar-refractivity contribution in [3.8, 4) is 0 Å². The van der Waals surface area contributed by atoms with Crippen LogP contribution in [0.2, 0.25) is 6.04 Å². The van der Waals surface area contributed by atoms with E-state index in [0.717, 1.165) is 6.54 Å². The fourth-order valence-electron chi connectivity index (χ4n) is 0.677. The number of nitrogens with one attached hydrogen (secondary N) is 1. The summed E-state index contributed by atoms with van der Waals surface area (Å²) in [6.07, 6.45) is 2.72. The zero-order valence-corrected chi connectivity index (χ0v) is 7.45. The minimum Gasteiger partial charge on any atom is -0.320 e. The molecular formula is C6H17NSi. The quantitative estimate of drug-likeness (QED) is 0.424. The van der Waals surface area contributed by atoms with E-state index < -0.39 is 0 Å². The van der Waals surface area contributed by atoms with Gasteiger partial charge in [0, 0.05) is 9.52 Å². The molecule has 0 aromatic heterocycles. The first kappa shape index (κ1) is 8.18. The van der Waals surface area contributed by atoms with Crippen LogP contribution < -0.4 is 5.32 Å². The van der Waals surface area contributed by atoms with Gasteiger partial charge in [0.25, 0.3) is 0 Å². The van der Waals surface area contributed by atoms with Crippen molar-refractivity contribution in [3.05, 3.63) is 0 Å². The summed E-state index contributed by atoms with van der Waals surface area (Å²) in [4.78, 5) is 0. The molecular weight excluding hydrogens is 114 g/mol. The van der Waals surface area contributed by atoms with Gasteiger partial charge in [-0.05, 0) is 12.7 Å². The molecule has 0 spiro atoms. The lowest BCUT2D eigenvalue weighted by molar-refractivity contribution is 0.825.